The molecule has 6 nitrogen and oxygen atoms in total. The first-order valence-corrected chi connectivity index (χ1v) is 9.47. The van der Waals surface area contributed by atoms with Crippen LogP contribution in [0.4, 0.5) is 11.4 Å². The Labute approximate surface area is 165 Å². The lowest BCUT2D eigenvalue weighted by atomic mass is 10.1. The van der Waals surface area contributed by atoms with Crippen molar-refractivity contribution in [1.29, 1.82) is 0 Å². The van der Waals surface area contributed by atoms with Crippen LogP contribution in [0, 0.1) is 12.8 Å². The van der Waals surface area contributed by atoms with Crippen LogP contribution < -0.4 is 19.7 Å². The minimum Gasteiger partial charge on any atom is -0.492 e. The number of aryl methyl sites for hydroxylation is 1. The number of amides is 2. The van der Waals surface area contributed by atoms with E-state index in [4.69, 9.17) is 9.47 Å². The van der Waals surface area contributed by atoms with E-state index in [0.717, 1.165) is 11.3 Å². The molecule has 0 fully saturated rings. The third-order valence-electron chi connectivity index (χ3n) is 4.53. The zero-order chi connectivity index (χ0) is 20.3. The van der Waals surface area contributed by atoms with E-state index in [-0.39, 0.29) is 17.7 Å². The number of carbonyl (C=O) groups is 2. The first-order valence-electron chi connectivity index (χ1n) is 9.47. The number of ether oxygens (including phenoxy) is 2. The summed E-state index contributed by atoms with van der Waals surface area (Å²) in [4.78, 5) is 26.2. The quantitative estimate of drug-likeness (QED) is 0.826. The summed E-state index contributed by atoms with van der Waals surface area (Å²) >= 11 is 0. The Hall–Kier alpha value is -3.02. The number of rotatable bonds is 6. The Morgan fingerprint density at radius 2 is 2.04 bits per heavy atom. The van der Waals surface area contributed by atoms with Gasteiger partial charge in [-0.1, -0.05) is 26.0 Å². The zero-order valence-corrected chi connectivity index (χ0v) is 16.7. The van der Waals surface area contributed by atoms with Gasteiger partial charge in [-0.2, -0.15) is 0 Å². The van der Waals surface area contributed by atoms with E-state index in [2.05, 4.69) is 5.32 Å². The lowest BCUT2D eigenvalue weighted by molar-refractivity contribution is -0.125. The molecular formula is C22H26N2O4. The van der Waals surface area contributed by atoms with Crippen LogP contribution in [0.25, 0.3) is 0 Å². The van der Waals surface area contributed by atoms with Gasteiger partial charge in [-0.05, 0) is 43.7 Å². The highest BCUT2D eigenvalue weighted by atomic mass is 16.5. The van der Waals surface area contributed by atoms with Gasteiger partial charge in [0.2, 0.25) is 5.91 Å². The van der Waals surface area contributed by atoms with Gasteiger partial charge >= 0.3 is 0 Å². The fourth-order valence-electron chi connectivity index (χ4n) is 2.97. The highest BCUT2D eigenvalue weighted by Gasteiger charge is 2.31. The molecule has 2 aromatic carbocycles. The van der Waals surface area contributed by atoms with Crippen LogP contribution in [0.15, 0.2) is 42.5 Å². The normalized spacial score (nSPS) is 15.8. The molecule has 148 valence electrons. The van der Waals surface area contributed by atoms with Crippen molar-refractivity contribution in [3.8, 4) is 11.5 Å². The van der Waals surface area contributed by atoms with Gasteiger partial charge in [-0.3, -0.25) is 9.59 Å². The van der Waals surface area contributed by atoms with E-state index in [1.807, 2.05) is 45.0 Å². The lowest BCUT2D eigenvalue weighted by Crippen LogP contribution is -2.46. The van der Waals surface area contributed by atoms with E-state index in [9.17, 15) is 9.59 Å². The number of hydrogen-bond donors (Lipinski definition) is 1. The molecule has 1 atom stereocenters. The van der Waals surface area contributed by atoms with Crippen molar-refractivity contribution in [2.24, 2.45) is 5.92 Å². The van der Waals surface area contributed by atoms with E-state index in [1.165, 1.54) is 0 Å². The topological polar surface area (TPSA) is 67.9 Å². The van der Waals surface area contributed by atoms with Crippen LogP contribution in [0.1, 0.15) is 26.3 Å². The maximum atomic E-state index is 12.6. The molecule has 2 amide bonds. The van der Waals surface area contributed by atoms with Gasteiger partial charge in [0.1, 0.15) is 18.1 Å². The maximum absolute atomic E-state index is 12.6. The van der Waals surface area contributed by atoms with E-state index >= 15 is 0 Å². The summed E-state index contributed by atoms with van der Waals surface area (Å²) in [6.45, 7) is 8.17. The molecule has 0 bridgehead atoms. The second-order valence-corrected chi connectivity index (χ2v) is 7.24. The highest BCUT2D eigenvalue weighted by molar-refractivity contribution is 6.00. The van der Waals surface area contributed by atoms with E-state index < -0.39 is 6.10 Å². The first kappa shape index (κ1) is 19.7. The summed E-state index contributed by atoms with van der Waals surface area (Å²) in [7, 11) is 0. The molecule has 0 aliphatic carbocycles. The monoisotopic (exact) mass is 382 g/mol. The summed E-state index contributed by atoms with van der Waals surface area (Å²) in [5.74, 6) is 1.06. The molecule has 2 aromatic rings. The van der Waals surface area contributed by atoms with Gasteiger partial charge in [-0.25, -0.2) is 0 Å². The maximum Gasteiger partial charge on any atom is 0.267 e. The van der Waals surface area contributed by atoms with Gasteiger partial charge in [-0.15, -0.1) is 0 Å². The van der Waals surface area contributed by atoms with Crippen LogP contribution in [-0.2, 0) is 9.59 Å². The van der Waals surface area contributed by atoms with Gasteiger partial charge < -0.3 is 19.7 Å². The molecule has 0 radical (unpaired) electrons. The van der Waals surface area contributed by atoms with Gasteiger partial charge in [0, 0.05) is 17.7 Å². The molecule has 28 heavy (non-hydrogen) atoms. The average molecular weight is 382 g/mol. The molecule has 1 aliphatic rings. The minimum atomic E-state index is -0.595. The third-order valence-corrected chi connectivity index (χ3v) is 4.53. The lowest BCUT2D eigenvalue weighted by Gasteiger charge is -2.33. The summed E-state index contributed by atoms with van der Waals surface area (Å²) in [6.07, 6.45) is -0.595. The Bertz CT molecular complexity index is 879. The van der Waals surface area contributed by atoms with Crippen molar-refractivity contribution in [2.75, 3.05) is 23.4 Å². The van der Waals surface area contributed by atoms with Crippen molar-refractivity contribution >= 4 is 23.2 Å². The van der Waals surface area contributed by atoms with Crippen molar-refractivity contribution in [2.45, 2.75) is 33.8 Å². The number of carbonyl (C=O) groups excluding carboxylic acids is 2. The summed E-state index contributed by atoms with van der Waals surface area (Å²) < 4.78 is 11.6. The predicted molar refractivity (Wildman–Crippen MR) is 109 cm³/mol. The van der Waals surface area contributed by atoms with Crippen LogP contribution in [0.2, 0.25) is 0 Å². The molecule has 1 heterocycles. The fraction of sp³-hybridized carbons (Fsp3) is 0.364. The number of nitrogens with zero attached hydrogens (tertiary/aromatic N) is 1. The summed E-state index contributed by atoms with van der Waals surface area (Å²) in [6, 6.07) is 13.1. The molecule has 1 N–H and O–H groups in total. The van der Waals surface area contributed by atoms with Crippen molar-refractivity contribution in [1.82, 2.24) is 0 Å². The molecule has 0 saturated carbocycles. The molecule has 1 aliphatic heterocycles. The van der Waals surface area contributed by atoms with Crippen molar-refractivity contribution < 1.29 is 19.1 Å². The Kier molecular flexibility index (Phi) is 5.87. The number of nitrogens with one attached hydrogen (secondary N) is 1. The largest absolute Gasteiger partial charge is 0.492 e. The standard InChI is InChI=1S/C22H26N2O4/c1-14(2)21(25)23-17-8-9-19-20(13-17)28-16(4)22(26)24(19)10-11-27-18-7-5-6-15(3)12-18/h5-9,12-14,16H,10-11H2,1-4H3,(H,23,25). The third kappa shape index (κ3) is 4.44. The van der Waals surface area contributed by atoms with Crippen LogP contribution in [-0.4, -0.2) is 31.1 Å². The highest BCUT2D eigenvalue weighted by Crippen LogP contribution is 2.36. The molecule has 0 aromatic heterocycles. The Morgan fingerprint density at radius 1 is 1.25 bits per heavy atom. The molecule has 0 spiro atoms. The van der Waals surface area contributed by atoms with Crippen LogP contribution in [0.5, 0.6) is 11.5 Å². The average Bonchev–Trinajstić information content (AvgIpc) is 2.64. The summed E-state index contributed by atoms with van der Waals surface area (Å²) in [5.41, 5.74) is 2.45. The second-order valence-electron chi connectivity index (χ2n) is 7.24. The van der Waals surface area contributed by atoms with E-state index in [0.29, 0.717) is 30.3 Å². The molecule has 6 heteroatoms. The zero-order valence-electron chi connectivity index (χ0n) is 16.7. The number of hydrogen-bond acceptors (Lipinski definition) is 4. The molecule has 0 saturated heterocycles. The predicted octanol–water partition coefficient (Wildman–Crippen LogP) is 3.78. The number of anilines is 2. The number of benzene rings is 2. The molecule has 3 rings (SSSR count). The molecular weight excluding hydrogens is 356 g/mol. The molecule has 1 unspecified atom stereocenters. The Balaban J connectivity index is 1.73. The fourth-order valence-corrected chi connectivity index (χ4v) is 2.97. The number of fused-ring (bicyclic) bond motifs is 1. The van der Waals surface area contributed by atoms with Crippen molar-refractivity contribution in [3.63, 3.8) is 0 Å². The smallest absolute Gasteiger partial charge is 0.267 e. The second kappa shape index (κ2) is 8.33. The SMILES string of the molecule is Cc1cccc(OCCN2C(=O)C(C)Oc3cc(NC(=O)C(C)C)ccc32)c1. The van der Waals surface area contributed by atoms with E-state index in [1.54, 1.807) is 30.0 Å². The first-order chi connectivity index (χ1) is 13.3. The Morgan fingerprint density at radius 3 is 2.75 bits per heavy atom. The van der Waals surface area contributed by atoms with Crippen molar-refractivity contribution in [3.05, 3.63) is 48.0 Å². The summed E-state index contributed by atoms with van der Waals surface area (Å²) in [5, 5.41) is 2.86. The van der Waals surface area contributed by atoms with Gasteiger partial charge in [0.15, 0.2) is 6.10 Å². The minimum absolute atomic E-state index is 0.0664. The van der Waals surface area contributed by atoms with Crippen LogP contribution in [0.3, 0.4) is 0 Å². The van der Waals surface area contributed by atoms with Gasteiger partial charge in [0.05, 0.1) is 12.2 Å². The van der Waals surface area contributed by atoms with Crippen LogP contribution >= 0.6 is 0 Å². The van der Waals surface area contributed by atoms with Gasteiger partial charge in [0.25, 0.3) is 5.91 Å².